The van der Waals surface area contributed by atoms with Crippen molar-refractivity contribution in [3.63, 3.8) is 0 Å². The number of ether oxygens (including phenoxy) is 1. The highest BCUT2D eigenvalue weighted by Crippen LogP contribution is 2.12. The van der Waals surface area contributed by atoms with Crippen LogP contribution < -0.4 is 10.5 Å². The molecule has 1 aromatic rings. The molecule has 0 spiro atoms. The summed E-state index contributed by atoms with van der Waals surface area (Å²) >= 11 is 0. The Labute approximate surface area is 97.2 Å². The first-order valence-electron chi connectivity index (χ1n) is 5.72. The molecule has 0 amide bonds. The zero-order valence-electron chi connectivity index (χ0n) is 10.5. The van der Waals surface area contributed by atoms with E-state index >= 15 is 0 Å². The second kappa shape index (κ2) is 5.80. The van der Waals surface area contributed by atoms with Crippen LogP contribution in [0.2, 0.25) is 0 Å². The Hall–Kier alpha value is -1.16. The van der Waals surface area contributed by atoms with E-state index in [4.69, 9.17) is 10.5 Å². The summed E-state index contributed by atoms with van der Waals surface area (Å²) in [6, 6.07) is 1.99. The van der Waals surface area contributed by atoms with Gasteiger partial charge in [0.05, 0.1) is 6.10 Å². The van der Waals surface area contributed by atoms with Gasteiger partial charge >= 0.3 is 0 Å². The summed E-state index contributed by atoms with van der Waals surface area (Å²) < 4.78 is 5.50. The molecule has 0 aliphatic heterocycles. The standard InChI is InChI=1S/C12H21N3O/c1-8(2)11(13)5-10-6-12(15-7-14-10)16-9(3)4/h6-9,11H,5,13H2,1-4H3. The van der Waals surface area contributed by atoms with Gasteiger partial charge in [0.25, 0.3) is 0 Å². The van der Waals surface area contributed by atoms with Crippen LogP contribution >= 0.6 is 0 Å². The molecule has 0 radical (unpaired) electrons. The molecule has 1 rings (SSSR count). The summed E-state index contributed by atoms with van der Waals surface area (Å²) in [5.41, 5.74) is 6.94. The topological polar surface area (TPSA) is 61.0 Å². The Kier molecular flexibility index (Phi) is 4.68. The van der Waals surface area contributed by atoms with Crippen LogP contribution in [-0.2, 0) is 6.42 Å². The van der Waals surface area contributed by atoms with E-state index in [1.165, 1.54) is 6.33 Å². The van der Waals surface area contributed by atoms with E-state index in [2.05, 4.69) is 23.8 Å². The zero-order valence-corrected chi connectivity index (χ0v) is 10.5. The largest absolute Gasteiger partial charge is 0.475 e. The van der Waals surface area contributed by atoms with Crippen molar-refractivity contribution in [3.8, 4) is 5.88 Å². The minimum atomic E-state index is 0.126. The fourth-order valence-corrected chi connectivity index (χ4v) is 1.27. The van der Waals surface area contributed by atoms with Gasteiger partial charge in [-0.1, -0.05) is 13.8 Å². The smallest absolute Gasteiger partial charge is 0.216 e. The van der Waals surface area contributed by atoms with Gasteiger partial charge in [-0.05, 0) is 19.8 Å². The lowest BCUT2D eigenvalue weighted by Gasteiger charge is -2.15. The maximum atomic E-state index is 6.00. The van der Waals surface area contributed by atoms with E-state index in [-0.39, 0.29) is 12.1 Å². The molecular weight excluding hydrogens is 202 g/mol. The molecule has 1 aromatic heterocycles. The number of aromatic nitrogens is 2. The Morgan fingerprint density at radius 2 is 1.94 bits per heavy atom. The predicted molar refractivity (Wildman–Crippen MR) is 64.3 cm³/mol. The second-order valence-electron chi connectivity index (χ2n) is 4.63. The van der Waals surface area contributed by atoms with E-state index in [9.17, 15) is 0 Å². The van der Waals surface area contributed by atoms with Crippen molar-refractivity contribution in [2.45, 2.75) is 46.3 Å². The van der Waals surface area contributed by atoms with Gasteiger partial charge < -0.3 is 10.5 Å². The van der Waals surface area contributed by atoms with Crippen LogP contribution in [0.25, 0.3) is 0 Å². The summed E-state index contributed by atoms with van der Waals surface area (Å²) in [4.78, 5) is 8.26. The average molecular weight is 223 g/mol. The molecule has 16 heavy (non-hydrogen) atoms. The summed E-state index contributed by atoms with van der Waals surface area (Å²) in [5.74, 6) is 1.07. The van der Waals surface area contributed by atoms with Crippen molar-refractivity contribution in [1.82, 2.24) is 9.97 Å². The molecule has 0 aliphatic rings. The van der Waals surface area contributed by atoms with Gasteiger partial charge in [0.15, 0.2) is 0 Å². The molecule has 90 valence electrons. The van der Waals surface area contributed by atoms with Gasteiger partial charge in [0, 0.05) is 24.2 Å². The van der Waals surface area contributed by atoms with Crippen molar-refractivity contribution in [3.05, 3.63) is 18.1 Å². The van der Waals surface area contributed by atoms with Gasteiger partial charge in [-0.2, -0.15) is 0 Å². The Bertz CT molecular complexity index is 326. The Morgan fingerprint density at radius 1 is 1.25 bits per heavy atom. The number of nitrogens with zero attached hydrogens (tertiary/aromatic N) is 2. The first-order chi connectivity index (χ1) is 7.49. The fourth-order valence-electron chi connectivity index (χ4n) is 1.27. The van der Waals surface area contributed by atoms with Crippen LogP contribution in [0.3, 0.4) is 0 Å². The molecule has 4 nitrogen and oxygen atoms in total. The fraction of sp³-hybridized carbons (Fsp3) is 0.667. The van der Waals surface area contributed by atoms with Crippen LogP contribution in [0.15, 0.2) is 12.4 Å². The molecule has 0 aromatic carbocycles. The average Bonchev–Trinajstić information content (AvgIpc) is 2.16. The maximum absolute atomic E-state index is 6.00. The van der Waals surface area contributed by atoms with Gasteiger partial charge in [-0.15, -0.1) is 0 Å². The predicted octanol–water partition coefficient (Wildman–Crippen LogP) is 1.79. The molecule has 4 heteroatoms. The third-order valence-electron chi connectivity index (χ3n) is 2.36. The molecule has 0 bridgehead atoms. The van der Waals surface area contributed by atoms with E-state index in [0.717, 1.165) is 12.1 Å². The van der Waals surface area contributed by atoms with Crippen LogP contribution in [0.5, 0.6) is 5.88 Å². The molecule has 0 fully saturated rings. The van der Waals surface area contributed by atoms with Crippen LogP contribution in [0.4, 0.5) is 0 Å². The second-order valence-corrected chi connectivity index (χ2v) is 4.63. The summed E-state index contributed by atoms with van der Waals surface area (Å²) in [6.07, 6.45) is 2.41. The molecular formula is C12H21N3O. The lowest BCUT2D eigenvalue weighted by Crippen LogP contribution is -2.29. The highest BCUT2D eigenvalue weighted by atomic mass is 16.5. The van der Waals surface area contributed by atoms with E-state index in [1.54, 1.807) is 0 Å². The lowest BCUT2D eigenvalue weighted by atomic mass is 10.0. The first-order valence-corrected chi connectivity index (χ1v) is 5.72. The van der Waals surface area contributed by atoms with E-state index < -0.39 is 0 Å². The number of rotatable bonds is 5. The Balaban J connectivity index is 2.67. The highest BCUT2D eigenvalue weighted by Gasteiger charge is 2.10. The van der Waals surface area contributed by atoms with Crippen molar-refractivity contribution in [2.24, 2.45) is 11.7 Å². The van der Waals surface area contributed by atoms with Gasteiger partial charge in [0.2, 0.25) is 5.88 Å². The quantitative estimate of drug-likeness (QED) is 0.826. The van der Waals surface area contributed by atoms with Gasteiger partial charge in [-0.25, -0.2) is 9.97 Å². The SMILES string of the molecule is CC(C)Oc1cc(CC(N)C(C)C)ncn1. The Morgan fingerprint density at radius 3 is 2.50 bits per heavy atom. The van der Waals surface area contributed by atoms with Gasteiger partial charge in [0.1, 0.15) is 6.33 Å². The molecule has 2 N–H and O–H groups in total. The zero-order chi connectivity index (χ0) is 12.1. The van der Waals surface area contributed by atoms with Crippen molar-refractivity contribution in [1.29, 1.82) is 0 Å². The van der Waals surface area contributed by atoms with Crippen LogP contribution in [0.1, 0.15) is 33.4 Å². The number of hydrogen-bond acceptors (Lipinski definition) is 4. The molecule has 1 atom stereocenters. The minimum absolute atomic E-state index is 0.126. The van der Waals surface area contributed by atoms with E-state index in [1.807, 2.05) is 19.9 Å². The minimum Gasteiger partial charge on any atom is -0.475 e. The number of nitrogens with two attached hydrogens (primary N) is 1. The van der Waals surface area contributed by atoms with Crippen LogP contribution in [-0.4, -0.2) is 22.1 Å². The highest BCUT2D eigenvalue weighted by molar-refractivity contribution is 5.14. The molecule has 0 aliphatic carbocycles. The van der Waals surface area contributed by atoms with Crippen LogP contribution in [0, 0.1) is 5.92 Å². The lowest BCUT2D eigenvalue weighted by molar-refractivity contribution is 0.231. The van der Waals surface area contributed by atoms with Crippen molar-refractivity contribution in [2.75, 3.05) is 0 Å². The molecule has 0 saturated heterocycles. The third-order valence-corrected chi connectivity index (χ3v) is 2.36. The molecule has 0 saturated carbocycles. The van der Waals surface area contributed by atoms with Crippen molar-refractivity contribution >= 4 is 0 Å². The normalized spacial score (nSPS) is 13.2. The summed E-state index contributed by atoms with van der Waals surface area (Å²) in [7, 11) is 0. The number of hydrogen-bond donors (Lipinski definition) is 1. The van der Waals surface area contributed by atoms with Gasteiger partial charge in [-0.3, -0.25) is 0 Å². The summed E-state index contributed by atoms with van der Waals surface area (Å²) in [5, 5.41) is 0. The monoisotopic (exact) mass is 223 g/mol. The molecule has 1 unspecified atom stereocenters. The van der Waals surface area contributed by atoms with Crippen molar-refractivity contribution < 1.29 is 4.74 Å². The van der Waals surface area contributed by atoms with E-state index in [0.29, 0.717) is 11.8 Å². The first kappa shape index (κ1) is 12.9. The maximum Gasteiger partial charge on any atom is 0.216 e. The summed E-state index contributed by atoms with van der Waals surface area (Å²) in [6.45, 7) is 8.16. The third kappa shape index (κ3) is 4.14. The molecule has 1 heterocycles.